The molecule has 0 saturated heterocycles. The predicted molar refractivity (Wildman–Crippen MR) is 53.8 cm³/mol. The van der Waals surface area contributed by atoms with Crippen molar-refractivity contribution >= 4 is 11.9 Å². The van der Waals surface area contributed by atoms with Gasteiger partial charge in [-0.15, -0.1) is 0 Å². The van der Waals surface area contributed by atoms with Crippen molar-refractivity contribution in [3.8, 4) is 0 Å². The Labute approximate surface area is 95.7 Å². The minimum Gasteiger partial charge on any atom is -0.550 e. The number of hydrogen-bond acceptors (Lipinski definition) is 4. The molecule has 1 unspecified atom stereocenters. The smallest absolute Gasteiger partial charge is 0.0445 e. The normalized spacial score (nSPS) is 31.1. The molecule has 0 bridgehead atoms. The molecule has 0 aromatic heterocycles. The summed E-state index contributed by atoms with van der Waals surface area (Å²) in [6, 6.07) is 0. The van der Waals surface area contributed by atoms with Gasteiger partial charge < -0.3 is 19.8 Å². The maximum atomic E-state index is 10.9. The summed E-state index contributed by atoms with van der Waals surface area (Å²) in [4.78, 5) is 21.7. The predicted octanol–water partition coefficient (Wildman–Crippen LogP) is -0.435. The lowest BCUT2D eigenvalue weighted by molar-refractivity contribution is -0.319. The number of carbonyl (C=O) groups is 2. The molecule has 1 aliphatic rings. The first-order valence-electron chi connectivity index (χ1n) is 5.63. The molecule has 0 aromatic carbocycles. The molecule has 4 heteroatoms. The van der Waals surface area contributed by atoms with Crippen LogP contribution in [-0.2, 0) is 9.59 Å². The molecule has 3 atom stereocenters. The molecule has 92 valence electrons. The van der Waals surface area contributed by atoms with Crippen molar-refractivity contribution in [2.45, 2.75) is 40.0 Å². The van der Waals surface area contributed by atoms with Gasteiger partial charge in [0.15, 0.2) is 0 Å². The topological polar surface area (TPSA) is 80.3 Å². The summed E-state index contributed by atoms with van der Waals surface area (Å²) in [5.74, 6) is -3.49. The standard InChI is InChI=1S/C12H20O4/c1-12(2,3)9-5-7(10(13)14)4-8(6-9)11(15)16/h7-9H,4-6H2,1-3H3,(H,13,14)(H,15,16)/p-2/t7-,8+,9?. The molecule has 0 aliphatic heterocycles. The maximum Gasteiger partial charge on any atom is 0.0445 e. The number of carboxylic acids is 2. The lowest BCUT2D eigenvalue weighted by Gasteiger charge is -2.42. The van der Waals surface area contributed by atoms with Crippen LogP contribution in [0.25, 0.3) is 0 Å². The van der Waals surface area contributed by atoms with E-state index in [1.165, 1.54) is 0 Å². The fraction of sp³-hybridized carbons (Fsp3) is 0.833. The highest BCUT2D eigenvalue weighted by molar-refractivity contribution is 5.72. The van der Waals surface area contributed by atoms with Crippen LogP contribution in [0.4, 0.5) is 0 Å². The van der Waals surface area contributed by atoms with Crippen molar-refractivity contribution in [3.63, 3.8) is 0 Å². The summed E-state index contributed by atoms with van der Waals surface area (Å²) in [5.41, 5.74) is -0.0815. The zero-order valence-corrected chi connectivity index (χ0v) is 9.99. The molecule has 1 saturated carbocycles. The van der Waals surface area contributed by atoms with Crippen LogP contribution in [0, 0.1) is 23.2 Å². The summed E-state index contributed by atoms with van der Waals surface area (Å²) in [5, 5.41) is 21.7. The van der Waals surface area contributed by atoms with Crippen molar-refractivity contribution in [1.82, 2.24) is 0 Å². The van der Waals surface area contributed by atoms with Gasteiger partial charge in [-0.2, -0.15) is 0 Å². The van der Waals surface area contributed by atoms with E-state index in [-0.39, 0.29) is 17.8 Å². The Bertz CT molecular complexity index is 268. The van der Waals surface area contributed by atoms with Crippen LogP contribution in [0.5, 0.6) is 0 Å². The van der Waals surface area contributed by atoms with E-state index in [4.69, 9.17) is 0 Å². The summed E-state index contributed by atoms with van der Waals surface area (Å²) < 4.78 is 0. The van der Waals surface area contributed by atoms with Gasteiger partial charge in [0.1, 0.15) is 0 Å². The van der Waals surface area contributed by atoms with Gasteiger partial charge in [-0.1, -0.05) is 20.8 Å². The number of rotatable bonds is 2. The summed E-state index contributed by atoms with van der Waals surface area (Å²) >= 11 is 0. The van der Waals surface area contributed by atoms with Crippen molar-refractivity contribution in [2.75, 3.05) is 0 Å². The van der Waals surface area contributed by atoms with E-state index in [9.17, 15) is 19.8 Å². The molecular formula is C12H18O4-2. The van der Waals surface area contributed by atoms with Crippen LogP contribution < -0.4 is 10.2 Å². The number of hydrogen-bond donors (Lipinski definition) is 0. The van der Waals surface area contributed by atoms with E-state index in [1.54, 1.807) is 0 Å². The summed E-state index contributed by atoms with van der Waals surface area (Å²) in [6.45, 7) is 6.00. The van der Waals surface area contributed by atoms with Crippen molar-refractivity contribution in [1.29, 1.82) is 0 Å². The molecule has 1 rings (SSSR count). The Hall–Kier alpha value is -1.06. The monoisotopic (exact) mass is 226 g/mol. The largest absolute Gasteiger partial charge is 0.550 e. The summed E-state index contributed by atoms with van der Waals surface area (Å²) in [6.07, 6.45) is 1.17. The third-order valence-electron chi connectivity index (χ3n) is 3.60. The lowest BCUT2D eigenvalue weighted by atomic mass is 9.66. The quantitative estimate of drug-likeness (QED) is 0.639. The van der Waals surface area contributed by atoms with Crippen LogP contribution in [0.3, 0.4) is 0 Å². The minimum atomic E-state index is -1.14. The zero-order valence-electron chi connectivity index (χ0n) is 9.99. The second kappa shape index (κ2) is 4.44. The van der Waals surface area contributed by atoms with E-state index in [2.05, 4.69) is 0 Å². The van der Waals surface area contributed by atoms with Gasteiger partial charge in [-0.05, 0) is 42.4 Å². The Morgan fingerprint density at radius 3 is 1.56 bits per heavy atom. The molecule has 1 fully saturated rings. The van der Waals surface area contributed by atoms with Crippen molar-refractivity contribution < 1.29 is 19.8 Å². The van der Waals surface area contributed by atoms with Gasteiger partial charge in [-0.25, -0.2) is 0 Å². The average Bonchev–Trinajstić information content (AvgIpc) is 2.15. The third-order valence-corrected chi connectivity index (χ3v) is 3.60. The van der Waals surface area contributed by atoms with Gasteiger partial charge in [-0.3, -0.25) is 0 Å². The fourth-order valence-corrected chi connectivity index (χ4v) is 2.41. The second-order valence-corrected chi connectivity index (χ2v) is 5.80. The maximum absolute atomic E-state index is 10.9. The first-order valence-corrected chi connectivity index (χ1v) is 5.63. The molecule has 4 nitrogen and oxygen atoms in total. The highest BCUT2D eigenvalue weighted by atomic mass is 16.4. The van der Waals surface area contributed by atoms with Crippen LogP contribution in [0.15, 0.2) is 0 Å². The SMILES string of the molecule is CC(C)(C)C1C[C@@H](C(=O)[O-])C[C@@H](C(=O)[O-])C1. The van der Waals surface area contributed by atoms with Crippen molar-refractivity contribution in [2.24, 2.45) is 23.2 Å². The molecule has 0 radical (unpaired) electrons. The molecule has 1 aliphatic carbocycles. The fourth-order valence-electron chi connectivity index (χ4n) is 2.41. The van der Waals surface area contributed by atoms with Gasteiger partial charge in [0.2, 0.25) is 0 Å². The average molecular weight is 226 g/mol. The highest BCUT2D eigenvalue weighted by Gasteiger charge is 2.36. The van der Waals surface area contributed by atoms with Gasteiger partial charge in [0, 0.05) is 11.9 Å². The Kier molecular flexibility index (Phi) is 3.61. The summed E-state index contributed by atoms with van der Waals surface area (Å²) in [7, 11) is 0. The Balaban J connectivity index is 2.82. The van der Waals surface area contributed by atoms with E-state index < -0.39 is 23.8 Å². The van der Waals surface area contributed by atoms with E-state index in [1.807, 2.05) is 20.8 Å². The second-order valence-electron chi connectivity index (χ2n) is 5.80. The Morgan fingerprint density at radius 2 is 1.31 bits per heavy atom. The molecule has 0 spiro atoms. The molecule has 0 aromatic rings. The molecule has 0 amide bonds. The third kappa shape index (κ3) is 2.97. The molecule has 0 heterocycles. The minimum absolute atomic E-state index is 0.0815. The highest BCUT2D eigenvalue weighted by Crippen LogP contribution is 2.42. The zero-order chi connectivity index (χ0) is 12.5. The first-order chi connectivity index (χ1) is 7.21. The molecular weight excluding hydrogens is 208 g/mol. The van der Waals surface area contributed by atoms with Crippen molar-refractivity contribution in [3.05, 3.63) is 0 Å². The first kappa shape index (κ1) is 13.0. The molecule has 0 N–H and O–H groups in total. The van der Waals surface area contributed by atoms with E-state index >= 15 is 0 Å². The number of aliphatic carboxylic acids is 2. The molecule has 16 heavy (non-hydrogen) atoms. The van der Waals surface area contributed by atoms with Gasteiger partial charge >= 0.3 is 0 Å². The van der Waals surface area contributed by atoms with Crippen LogP contribution >= 0.6 is 0 Å². The number of carboxylic acid groups (broad SMARTS) is 2. The van der Waals surface area contributed by atoms with Crippen LogP contribution in [-0.4, -0.2) is 11.9 Å². The number of carbonyl (C=O) groups excluding carboxylic acids is 2. The van der Waals surface area contributed by atoms with Crippen LogP contribution in [0.2, 0.25) is 0 Å². The van der Waals surface area contributed by atoms with E-state index in [0.29, 0.717) is 12.8 Å². The Morgan fingerprint density at radius 1 is 0.938 bits per heavy atom. The lowest BCUT2D eigenvalue weighted by Crippen LogP contribution is -2.44. The van der Waals surface area contributed by atoms with E-state index in [0.717, 1.165) is 0 Å². The van der Waals surface area contributed by atoms with Gasteiger partial charge in [0.05, 0.1) is 0 Å². The van der Waals surface area contributed by atoms with Gasteiger partial charge in [0.25, 0.3) is 0 Å². The van der Waals surface area contributed by atoms with Crippen LogP contribution in [0.1, 0.15) is 40.0 Å².